The highest BCUT2D eigenvalue weighted by Crippen LogP contribution is 2.30. The molecule has 2 aromatic rings. The van der Waals surface area contributed by atoms with Crippen LogP contribution in [0.2, 0.25) is 0 Å². The van der Waals surface area contributed by atoms with Gasteiger partial charge in [0, 0.05) is 26.6 Å². The maximum Gasteiger partial charge on any atom is 0.191 e. The van der Waals surface area contributed by atoms with Crippen molar-refractivity contribution in [3.63, 3.8) is 0 Å². The van der Waals surface area contributed by atoms with Crippen molar-refractivity contribution in [3.8, 4) is 11.5 Å². The third kappa shape index (κ3) is 4.89. The van der Waals surface area contributed by atoms with Crippen LogP contribution in [0.5, 0.6) is 11.5 Å². The number of benzene rings is 1. The number of nitrogens with one attached hydrogen (secondary N) is 2. The normalized spacial score (nSPS) is 15.4. The summed E-state index contributed by atoms with van der Waals surface area (Å²) >= 11 is 1.73. The number of nitrogens with zero attached hydrogens (tertiary/aromatic N) is 1. The second kappa shape index (κ2) is 8.76. The Balaban J connectivity index is 1.52. The van der Waals surface area contributed by atoms with Gasteiger partial charge < -0.3 is 20.1 Å². The fourth-order valence-electron chi connectivity index (χ4n) is 2.65. The Bertz CT molecular complexity index is 701. The Morgan fingerprint density at radius 1 is 1.20 bits per heavy atom. The van der Waals surface area contributed by atoms with Crippen LogP contribution < -0.4 is 20.1 Å². The predicted octanol–water partition coefficient (Wildman–Crippen LogP) is 3.38. The van der Waals surface area contributed by atoms with Gasteiger partial charge in [-0.3, -0.25) is 4.99 Å². The Hall–Kier alpha value is -2.21. The van der Waals surface area contributed by atoms with Crippen LogP contribution in [0.1, 0.15) is 30.4 Å². The van der Waals surface area contributed by atoms with Crippen molar-refractivity contribution in [2.24, 2.45) is 4.99 Å². The van der Waals surface area contributed by atoms with Crippen molar-refractivity contribution < 1.29 is 9.47 Å². The van der Waals surface area contributed by atoms with E-state index >= 15 is 0 Å². The molecule has 1 aromatic carbocycles. The smallest absolute Gasteiger partial charge is 0.191 e. The van der Waals surface area contributed by atoms with Gasteiger partial charge in [0.15, 0.2) is 17.5 Å². The monoisotopic (exact) mass is 359 g/mol. The number of ether oxygens (including phenoxy) is 2. The van der Waals surface area contributed by atoms with E-state index in [0.717, 1.165) is 36.0 Å². The van der Waals surface area contributed by atoms with Crippen LogP contribution in [-0.4, -0.2) is 32.8 Å². The summed E-state index contributed by atoms with van der Waals surface area (Å²) < 4.78 is 11.4. The highest BCUT2D eigenvalue weighted by Gasteiger charge is 2.11. The van der Waals surface area contributed by atoms with Crippen molar-refractivity contribution in [1.82, 2.24) is 10.6 Å². The zero-order valence-electron chi connectivity index (χ0n) is 14.7. The molecule has 0 saturated heterocycles. The number of hydrogen-bond donors (Lipinski definition) is 2. The molecule has 0 bridgehead atoms. The topological polar surface area (TPSA) is 54.9 Å². The minimum Gasteiger partial charge on any atom is -0.490 e. The Kier molecular flexibility index (Phi) is 6.17. The molecule has 0 radical (unpaired) electrons. The quantitative estimate of drug-likeness (QED) is 0.635. The molecule has 0 amide bonds. The van der Waals surface area contributed by atoms with E-state index in [-0.39, 0.29) is 0 Å². The first-order valence-corrected chi connectivity index (χ1v) is 9.55. The molecule has 2 heterocycles. The number of thiophene rings is 1. The molecule has 0 saturated carbocycles. The van der Waals surface area contributed by atoms with Crippen molar-refractivity contribution in [2.45, 2.75) is 25.8 Å². The fourth-order valence-corrected chi connectivity index (χ4v) is 3.43. The molecule has 25 heavy (non-hydrogen) atoms. The number of aliphatic imine (C=N–C) groups is 1. The summed E-state index contributed by atoms with van der Waals surface area (Å²) in [5.41, 5.74) is 2.49. The van der Waals surface area contributed by atoms with Crippen LogP contribution in [0.4, 0.5) is 0 Å². The highest BCUT2D eigenvalue weighted by atomic mass is 32.1. The maximum atomic E-state index is 5.74. The van der Waals surface area contributed by atoms with E-state index in [4.69, 9.17) is 9.47 Å². The third-order valence-corrected chi connectivity index (χ3v) is 4.88. The number of fused-ring (bicyclic) bond motifs is 1. The number of hydrogen-bond acceptors (Lipinski definition) is 4. The van der Waals surface area contributed by atoms with E-state index in [1.165, 1.54) is 5.56 Å². The largest absolute Gasteiger partial charge is 0.490 e. The van der Waals surface area contributed by atoms with Crippen molar-refractivity contribution in [2.75, 3.05) is 26.8 Å². The molecular formula is C19H25N3O2S. The molecule has 1 aliphatic heterocycles. The van der Waals surface area contributed by atoms with Gasteiger partial charge in [-0.1, -0.05) is 13.0 Å². The molecule has 1 unspecified atom stereocenters. The van der Waals surface area contributed by atoms with Crippen LogP contribution >= 0.6 is 11.3 Å². The average Bonchev–Trinajstić information content (AvgIpc) is 3.07. The van der Waals surface area contributed by atoms with Crippen molar-refractivity contribution in [1.29, 1.82) is 0 Å². The number of guanidine groups is 1. The summed E-state index contributed by atoms with van der Waals surface area (Å²) in [4.78, 5) is 4.30. The summed E-state index contributed by atoms with van der Waals surface area (Å²) in [6, 6.07) is 8.24. The number of rotatable bonds is 5. The standard InChI is InChI=1S/C19H25N3O2S/c1-14(16-6-9-25-13-16)11-21-19(20-2)22-12-15-4-5-17-18(10-15)24-8-3-7-23-17/h4-6,9-10,13-14H,3,7-8,11-12H2,1-2H3,(H2,20,21,22). The maximum absolute atomic E-state index is 5.74. The van der Waals surface area contributed by atoms with Crippen LogP contribution in [0.15, 0.2) is 40.0 Å². The van der Waals surface area contributed by atoms with Crippen LogP contribution in [0.3, 0.4) is 0 Å². The third-order valence-electron chi connectivity index (χ3n) is 4.18. The molecule has 0 spiro atoms. The Morgan fingerprint density at radius 2 is 2.04 bits per heavy atom. The molecule has 0 aliphatic carbocycles. The van der Waals surface area contributed by atoms with E-state index in [2.05, 4.69) is 45.4 Å². The lowest BCUT2D eigenvalue weighted by Gasteiger charge is -2.16. The fraction of sp³-hybridized carbons (Fsp3) is 0.421. The molecule has 1 aliphatic rings. The van der Waals surface area contributed by atoms with Gasteiger partial charge in [0.05, 0.1) is 13.2 Å². The molecule has 3 rings (SSSR count). The summed E-state index contributed by atoms with van der Waals surface area (Å²) in [6.07, 6.45) is 0.918. The van der Waals surface area contributed by atoms with Gasteiger partial charge in [-0.15, -0.1) is 0 Å². The molecule has 2 N–H and O–H groups in total. The minimum atomic E-state index is 0.447. The molecular weight excluding hydrogens is 334 g/mol. The van der Waals surface area contributed by atoms with Gasteiger partial charge in [0.1, 0.15) is 0 Å². The molecule has 6 heteroatoms. The van der Waals surface area contributed by atoms with Gasteiger partial charge in [-0.2, -0.15) is 11.3 Å². The predicted molar refractivity (Wildman–Crippen MR) is 103 cm³/mol. The van der Waals surface area contributed by atoms with E-state index < -0.39 is 0 Å². The summed E-state index contributed by atoms with van der Waals surface area (Å²) in [5, 5.41) is 11.1. The van der Waals surface area contributed by atoms with Gasteiger partial charge in [0.2, 0.25) is 0 Å². The van der Waals surface area contributed by atoms with Crippen LogP contribution in [0.25, 0.3) is 0 Å². The second-order valence-electron chi connectivity index (χ2n) is 6.10. The molecule has 5 nitrogen and oxygen atoms in total. The Labute approximate surface area is 153 Å². The summed E-state index contributed by atoms with van der Waals surface area (Å²) in [5.74, 6) is 2.90. The SMILES string of the molecule is CN=C(NCc1ccc2c(c1)OCCCO2)NCC(C)c1ccsc1. The van der Waals surface area contributed by atoms with E-state index in [1.54, 1.807) is 18.4 Å². The van der Waals surface area contributed by atoms with Crippen LogP contribution in [0, 0.1) is 0 Å². The van der Waals surface area contributed by atoms with Gasteiger partial charge in [0.25, 0.3) is 0 Å². The first kappa shape index (κ1) is 17.6. The van der Waals surface area contributed by atoms with Gasteiger partial charge in [-0.05, 0) is 46.0 Å². The van der Waals surface area contributed by atoms with Crippen molar-refractivity contribution in [3.05, 3.63) is 46.2 Å². The van der Waals surface area contributed by atoms with Gasteiger partial charge >= 0.3 is 0 Å². The zero-order chi connectivity index (χ0) is 17.5. The van der Waals surface area contributed by atoms with E-state index in [9.17, 15) is 0 Å². The average molecular weight is 359 g/mol. The second-order valence-corrected chi connectivity index (χ2v) is 6.88. The lowest BCUT2D eigenvalue weighted by molar-refractivity contribution is 0.297. The first-order valence-electron chi connectivity index (χ1n) is 8.61. The van der Waals surface area contributed by atoms with E-state index in [0.29, 0.717) is 25.7 Å². The van der Waals surface area contributed by atoms with Gasteiger partial charge in [-0.25, -0.2) is 0 Å². The first-order chi connectivity index (χ1) is 12.3. The van der Waals surface area contributed by atoms with Crippen molar-refractivity contribution >= 4 is 17.3 Å². The zero-order valence-corrected chi connectivity index (χ0v) is 15.6. The summed E-state index contributed by atoms with van der Waals surface area (Å²) in [6.45, 7) is 5.16. The summed E-state index contributed by atoms with van der Waals surface area (Å²) in [7, 11) is 1.79. The molecule has 0 fully saturated rings. The highest BCUT2D eigenvalue weighted by molar-refractivity contribution is 7.07. The molecule has 1 atom stereocenters. The van der Waals surface area contributed by atoms with Crippen LogP contribution in [-0.2, 0) is 6.54 Å². The molecule has 1 aromatic heterocycles. The molecule has 134 valence electrons. The minimum absolute atomic E-state index is 0.447. The van der Waals surface area contributed by atoms with E-state index in [1.807, 2.05) is 12.1 Å². The Morgan fingerprint density at radius 3 is 2.80 bits per heavy atom. The lowest BCUT2D eigenvalue weighted by Crippen LogP contribution is -2.38. The lowest BCUT2D eigenvalue weighted by atomic mass is 10.1.